The molecule has 3 heterocycles. The van der Waals surface area contributed by atoms with E-state index in [-0.39, 0.29) is 19.2 Å². The first-order valence-electron chi connectivity index (χ1n) is 7.50. The third-order valence-electron chi connectivity index (χ3n) is 4.38. The Labute approximate surface area is 145 Å². The molecule has 0 bridgehead atoms. The van der Waals surface area contributed by atoms with Gasteiger partial charge in [-0.05, 0) is 19.1 Å². The number of aromatic nitrogens is 2. The number of thiazole rings is 2. The molecular weight excluding hydrogens is 348 g/mol. The van der Waals surface area contributed by atoms with Gasteiger partial charge in [0.15, 0.2) is 5.13 Å². The van der Waals surface area contributed by atoms with Crippen molar-refractivity contribution in [2.24, 2.45) is 0 Å². The summed E-state index contributed by atoms with van der Waals surface area (Å²) in [6.45, 7) is 1.76. The average molecular weight is 364 g/mol. The maximum Gasteiger partial charge on any atom is 0.324 e. The Morgan fingerprint density at radius 3 is 3.17 bits per heavy atom. The van der Waals surface area contributed by atoms with Crippen LogP contribution < -0.4 is 5.32 Å². The lowest BCUT2D eigenvalue weighted by molar-refractivity contribution is 0.103. The van der Waals surface area contributed by atoms with Crippen molar-refractivity contribution in [3.8, 4) is 0 Å². The number of nitrogens with one attached hydrogen (secondary N) is 1. The predicted octanol–water partition coefficient (Wildman–Crippen LogP) is 2.26. The van der Waals surface area contributed by atoms with Gasteiger partial charge in [0.05, 0.1) is 38.7 Å². The highest BCUT2D eigenvalue weighted by molar-refractivity contribution is 7.24. The summed E-state index contributed by atoms with van der Waals surface area (Å²) in [5, 5.41) is 22.7. The number of aliphatic hydroxyl groups excluding tert-OH is 2. The van der Waals surface area contributed by atoms with Gasteiger partial charge in [0, 0.05) is 13.0 Å². The molecule has 3 N–H and O–H groups in total. The smallest absolute Gasteiger partial charge is 0.324 e. The van der Waals surface area contributed by atoms with Gasteiger partial charge in [-0.25, -0.2) is 14.8 Å². The molecule has 1 aliphatic rings. The van der Waals surface area contributed by atoms with E-state index >= 15 is 0 Å². The lowest BCUT2D eigenvalue weighted by Crippen LogP contribution is -2.49. The fourth-order valence-corrected chi connectivity index (χ4v) is 4.82. The summed E-state index contributed by atoms with van der Waals surface area (Å²) in [4.78, 5) is 22.9. The number of urea groups is 1. The molecule has 2 atom stereocenters. The molecule has 0 radical (unpaired) electrons. The molecule has 0 saturated carbocycles. The van der Waals surface area contributed by atoms with E-state index in [9.17, 15) is 15.0 Å². The van der Waals surface area contributed by atoms with Gasteiger partial charge < -0.3 is 15.1 Å². The monoisotopic (exact) mass is 364 g/mol. The predicted molar refractivity (Wildman–Crippen MR) is 94.6 cm³/mol. The Hall–Kier alpha value is -1.81. The number of aliphatic hydroxyl groups is 2. The summed E-state index contributed by atoms with van der Waals surface area (Å²) >= 11 is 2.94. The number of rotatable bonds is 2. The maximum absolute atomic E-state index is 12.6. The van der Waals surface area contributed by atoms with Crippen molar-refractivity contribution in [3.05, 3.63) is 17.6 Å². The molecule has 0 aliphatic carbocycles. The largest absolute Gasteiger partial charge is 0.394 e. The Kier molecular flexibility index (Phi) is 3.68. The fourth-order valence-electron chi connectivity index (χ4n) is 3.12. The van der Waals surface area contributed by atoms with Gasteiger partial charge in [0.2, 0.25) is 0 Å². The van der Waals surface area contributed by atoms with Crippen LogP contribution in [0.5, 0.6) is 0 Å². The van der Waals surface area contributed by atoms with Crippen molar-refractivity contribution >= 4 is 54.3 Å². The molecule has 126 valence electrons. The van der Waals surface area contributed by atoms with E-state index < -0.39 is 11.6 Å². The molecule has 1 aromatic carbocycles. The van der Waals surface area contributed by atoms with E-state index in [1.807, 2.05) is 12.1 Å². The van der Waals surface area contributed by atoms with Crippen LogP contribution in [0.25, 0.3) is 20.4 Å². The quantitative estimate of drug-likeness (QED) is 0.648. The summed E-state index contributed by atoms with van der Waals surface area (Å²) in [7, 11) is 0. The van der Waals surface area contributed by atoms with Crippen LogP contribution in [-0.4, -0.2) is 55.9 Å². The maximum atomic E-state index is 12.6. The summed E-state index contributed by atoms with van der Waals surface area (Å²) in [5.74, 6) is 0. The van der Waals surface area contributed by atoms with Crippen LogP contribution in [0.15, 0.2) is 17.6 Å². The molecule has 3 aromatic rings. The number of nitrogens with zero attached hydrogens (tertiary/aromatic N) is 3. The van der Waals surface area contributed by atoms with Crippen molar-refractivity contribution in [1.82, 2.24) is 14.9 Å². The van der Waals surface area contributed by atoms with Gasteiger partial charge in [-0.15, -0.1) is 11.3 Å². The fraction of sp³-hybridized carbons (Fsp3) is 0.400. The Bertz CT molecular complexity index is 924. The molecule has 1 fully saturated rings. The number of benzene rings is 1. The second-order valence-electron chi connectivity index (χ2n) is 6.19. The molecule has 9 heteroatoms. The average Bonchev–Trinajstić information content (AvgIpc) is 3.23. The Morgan fingerprint density at radius 1 is 1.54 bits per heavy atom. The molecule has 2 amide bonds. The number of carbonyl (C=O) groups is 1. The van der Waals surface area contributed by atoms with Crippen LogP contribution in [0, 0.1) is 0 Å². The lowest BCUT2D eigenvalue weighted by Gasteiger charge is -2.32. The molecule has 7 nitrogen and oxygen atoms in total. The molecule has 1 aliphatic heterocycles. The standard InChI is InChI=1S/C15H16N4O3S2/c1-15(6-20)4-8(21)5-19(15)14(22)18-13-17-9-2-3-10-11(12(9)24-13)16-7-23-10/h2-3,7-8,20-21H,4-6H2,1H3,(H,17,18,22). The van der Waals surface area contributed by atoms with E-state index in [0.29, 0.717) is 11.6 Å². The van der Waals surface area contributed by atoms with Crippen molar-refractivity contribution < 1.29 is 15.0 Å². The van der Waals surface area contributed by atoms with Crippen molar-refractivity contribution in [1.29, 1.82) is 0 Å². The number of carbonyl (C=O) groups excluding carboxylic acids is 1. The number of fused-ring (bicyclic) bond motifs is 3. The zero-order valence-electron chi connectivity index (χ0n) is 12.9. The van der Waals surface area contributed by atoms with Crippen molar-refractivity contribution in [3.63, 3.8) is 0 Å². The number of amides is 2. The Balaban J connectivity index is 1.63. The number of likely N-dealkylation sites (tertiary alicyclic amines) is 1. The van der Waals surface area contributed by atoms with Crippen molar-refractivity contribution in [2.75, 3.05) is 18.5 Å². The second kappa shape index (κ2) is 5.62. The summed E-state index contributed by atoms with van der Waals surface area (Å²) < 4.78 is 2.02. The minimum atomic E-state index is -0.762. The van der Waals surface area contributed by atoms with Crippen LogP contribution >= 0.6 is 22.7 Å². The second-order valence-corrected chi connectivity index (χ2v) is 8.07. The number of anilines is 1. The van der Waals surface area contributed by atoms with Gasteiger partial charge in [-0.2, -0.15) is 0 Å². The van der Waals surface area contributed by atoms with Gasteiger partial charge in [-0.1, -0.05) is 11.3 Å². The van der Waals surface area contributed by atoms with E-state index in [1.54, 1.807) is 23.8 Å². The minimum Gasteiger partial charge on any atom is -0.394 e. The van der Waals surface area contributed by atoms with Crippen LogP contribution in [0.3, 0.4) is 0 Å². The highest BCUT2D eigenvalue weighted by Gasteiger charge is 2.43. The van der Waals surface area contributed by atoms with Crippen LogP contribution in [0.2, 0.25) is 0 Å². The molecule has 2 aromatic heterocycles. The number of hydrogen-bond acceptors (Lipinski definition) is 7. The van der Waals surface area contributed by atoms with Gasteiger partial charge >= 0.3 is 6.03 Å². The summed E-state index contributed by atoms with van der Waals surface area (Å²) in [5.41, 5.74) is 2.72. The highest BCUT2D eigenvalue weighted by Crippen LogP contribution is 2.34. The molecule has 4 rings (SSSR count). The van der Waals surface area contributed by atoms with Crippen LogP contribution in [0.1, 0.15) is 13.3 Å². The van der Waals surface area contributed by atoms with Gasteiger partial charge in [-0.3, -0.25) is 5.32 Å². The number of hydrogen-bond donors (Lipinski definition) is 3. The van der Waals surface area contributed by atoms with Crippen LogP contribution in [0.4, 0.5) is 9.93 Å². The minimum absolute atomic E-state index is 0.198. The summed E-state index contributed by atoms with van der Waals surface area (Å²) in [6, 6.07) is 3.52. The topological polar surface area (TPSA) is 98.6 Å². The van der Waals surface area contributed by atoms with Gasteiger partial charge in [0.1, 0.15) is 5.52 Å². The zero-order valence-corrected chi connectivity index (χ0v) is 14.5. The Morgan fingerprint density at radius 2 is 2.38 bits per heavy atom. The van der Waals surface area contributed by atoms with Gasteiger partial charge in [0.25, 0.3) is 0 Å². The third-order valence-corrected chi connectivity index (χ3v) is 6.16. The molecule has 0 spiro atoms. The first-order valence-corrected chi connectivity index (χ1v) is 9.20. The summed E-state index contributed by atoms with van der Waals surface area (Å²) in [6.07, 6.45) is -0.270. The van der Waals surface area contributed by atoms with Crippen molar-refractivity contribution in [2.45, 2.75) is 25.0 Å². The highest BCUT2D eigenvalue weighted by atomic mass is 32.1. The molecular formula is C15H16N4O3S2. The van der Waals surface area contributed by atoms with E-state index in [0.717, 1.165) is 20.4 Å². The molecule has 1 saturated heterocycles. The van der Waals surface area contributed by atoms with Crippen LogP contribution in [-0.2, 0) is 0 Å². The molecule has 24 heavy (non-hydrogen) atoms. The third kappa shape index (κ3) is 2.44. The SMILES string of the molecule is CC1(CO)CC(O)CN1C(=O)Nc1nc2ccc3scnc3c2s1. The van der Waals surface area contributed by atoms with E-state index in [2.05, 4.69) is 15.3 Å². The first-order chi connectivity index (χ1) is 11.5. The van der Waals surface area contributed by atoms with E-state index in [1.165, 1.54) is 16.2 Å². The zero-order chi connectivity index (χ0) is 16.9. The molecule has 2 unspecified atom stereocenters. The lowest BCUT2D eigenvalue weighted by atomic mass is 10.00. The number of β-amino-alcohol motifs (C(OH)–C–C–N with tert-alkyl or cyclic N) is 1. The normalized spacial score (nSPS) is 24.1. The van der Waals surface area contributed by atoms with E-state index in [4.69, 9.17) is 0 Å². The first kappa shape index (κ1) is 15.7.